The van der Waals surface area contributed by atoms with Crippen LogP contribution in [-0.4, -0.2) is 30.7 Å². The second-order valence-electron chi connectivity index (χ2n) is 10.8. The van der Waals surface area contributed by atoms with Crippen LogP contribution in [0.5, 0.6) is 0 Å². The van der Waals surface area contributed by atoms with Crippen molar-refractivity contribution in [2.75, 3.05) is 6.61 Å². The average Bonchev–Trinajstić information content (AvgIpc) is 3.10. The van der Waals surface area contributed by atoms with Crippen molar-refractivity contribution >= 4 is 11.8 Å². The number of nitrogens with one attached hydrogen (secondary N) is 2. The molecule has 3 aliphatic carbocycles. The minimum atomic E-state index is -0.266. The molecule has 5 nitrogen and oxygen atoms in total. The SMILES string of the molecule is C[C@@]12CCC[C@H]1[C@@H]1CC[C@H]3NC(=O)C(C(=O)NC4CCCCO4)=C[C@]3(C)[C@H]1CC2. The lowest BCUT2D eigenvalue weighted by Gasteiger charge is -2.58. The first-order chi connectivity index (χ1) is 13.9. The first kappa shape index (κ1) is 19.6. The van der Waals surface area contributed by atoms with E-state index in [1.165, 1.54) is 38.5 Å². The van der Waals surface area contributed by atoms with Crippen LogP contribution < -0.4 is 10.6 Å². The lowest BCUT2D eigenvalue weighted by molar-refractivity contribution is -0.130. The van der Waals surface area contributed by atoms with Crippen LogP contribution in [0, 0.1) is 28.6 Å². The molecular weight excluding hydrogens is 364 g/mol. The maximum Gasteiger partial charge on any atom is 0.258 e. The van der Waals surface area contributed by atoms with Gasteiger partial charge in [0.2, 0.25) is 0 Å². The molecule has 0 spiro atoms. The van der Waals surface area contributed by atoms with Gasteiger partial charge in [-0.15, -0.1) is 0 Å². The van der Waals surface area contributed by atoms with E-state index >= 15 is 0 Å². The summed E-state index contributed by atoms with van der Waals surface area (Å²) < 4.78 is 5.66. The van der Waals surface area contributed by atoms with Gasteiger partial charge in [0.15, 0.2) is 0 Å². The van der Waals surface area contributed by atoms with Crippen molar-refractivity contribution in [1.82, 2.24) is 10.6 Å². The zero-order valence-electron chi connectivity index (χ0n) is 18.0. The molecule has 2 aliphatic heterocycles. The summed E-state index contributed by atoms with van der Waals surface area (Å²) in [4.78, 5) is 25.8. The van der Waals surface area contributed by atoms with Gasteiger partial charge in [-0.05, 0) is 81.0 Å². The van der Waals surface area contributed by atoms with Crippen molar-refractivity contribution in [3.63, 3.8) is 0 Å². The van der Waals surface area contributed by atoms with Crippen molar-refractivity contribution in [1.29, 1.82) is 0 Å². The van der Waals surface area contributed by atoms with Crippen LogP contribution >= 0.6 is 0 Å². The van der Waals surface area contributed by atoms with E-state index in [1.54, 1.807) is 0 Å². The Morgan fingerprint density at radius 2 is 1.93 bits per heavy atom. The van der Waals surface area contributed by atoms with E-state index in [0.29, 0.717) is 23.5 Å². The molecule has 0 radical (unpaired) electrons. The summed E-state index contributed by atoms with van der Waals surface area (Å²) in [7, 11) is 0. The standard InChI is InChI=1S/C24H36N2O3/c1-23-11-5-6-17(23)15-8-9-19-24(2,18(15)10-12-23)14-16(21(27)25-19)22(28)26-20-7-3-4-13-29-20/h14-15,17-20H,3-13H2,1-2H3,(H,25,27)(H,26,28)/t15-,17-,18-,19+,20?,23-,24+/m0/s1. The molecular formula is C24H36N2O3. The number of amides is 2. The Labute approximate surface area is 174 Å². The molecule has 4 fully saturated rings. The number of carbonyl (C=O) groups excluding carboxylic acids is 2. The van der Waals surface area contributed by atoms with Gasteiger partial charge in [0, 0.05) is 18.1 Å². The van der Waals surface area contributed by atoms with E-state index in [2.05, 4.69) is 30.6 Å². The highest BCUT2D eigenvalue weighted by Gasteiger charge is 2.58. The van der Waals surface area contributed by atoms with Crippen LogP contribution in [0.3, 0.4) is 0 Å². The Kier molecular flexibility index (Phi) is 4.80. The molecule has 2 amide bonds. The topological polar surface area (TPSA) is 67.4 Å². The Morgan fingerprint density at radius 3 is 2.72 bits per heavy atom. The molecule has 29 heavy (non-hydrogen) atoms. The van der Waals surface area contributed by atoms with Crippen molar-refractivity contribution in [3.8, 4) is 0 Å². The highest BCUT2D eigenvalue weighted by atomic mass is 16.5. The number of fused-ring (bicyclic) bond motifs is 5. The third-order valence-corrected chi connectivity index (χ3v) is 9.28. The molecule has 1 saturated heterocycles. The van der Waals surface area contributed by atoms with Crippen LogP contribution in [0.4, 0.5) is 0 Å². The predicted octanol–water partition coefficient (Wildman–Crippen LogP) is 3.69. The third-order valence-electron chi connectivity index (χ3n) is 9.28. The number of ether oxygens (including phenoxy) is 1. The van der Waals surface area contributed by atoms with E-state index in [1.807, 2.05) is 0 Å². The van der Waals surface area contributed by atoms with Crippen LogP contribution in [0.25, 0.3) is 0 Å². The summed E-state index contributed by atoms with van der Waals surface area (Å²) in [5, 5.41) is 6.18. The molecule has 160 valence electrons. The monoisotopic (exact) mass is 400 g/mol. The molecule has 7 atom stereocenters. The van der Waals surface area contributed by atoms with Crippen LogP contribution in [-0.2, 0) is 14.3 Å². The molecule has 5 heteroatoms. The van der Waals surface area contributed by atoms with Crippen LogP contribution in [0.2, 0.25) is 0 Å². The fourth-order valence-corrected chi connectivity index (χ4v) is 7.68. The van der Waals surface area contributed by atoms with Gasteiger partial charge in [-0.25, -0.2) is 0 Å². The highest BCUT2D eigenvalue weighted by molar-refractivity contribution is 6.19. The third kappa shape index (κ3) is 3.15. The van der Waals surface area contributed by atoms with E-state index in [0.717, 1.165) is 37.5 Å². The number of hydrogen-bond acceptors (Lipinski definition) is 3. The average molecular weight is 401 g/mol. The van der Waals surface area contributed by atoms with Crippen LogP contribution in [0.1, 0.15) is 78.1 Å². The molecule has 3 saturated carbocycles. The molecule has 2 N–H and O–H groups in total. The smallest absolute Gasteiger partial charge is 0.258 e. The van der Waals surface area contributed by atoms with Gasteiger partial charge >= 0.3 is 0 Å². The summed E-state index contributed by atoms with van der Waals surface area (Å²) >= 11 is 0. The minimum Gasteiger partial charge on any atom is -0.359 e. The zero-order valence-corrected chi connectivity index (χ0v) is 18.0. The Bertz CT molecular complexity index is 728. The molecule has 2 heterocycles. The van der Waals surface area contributed by atoms with Crippen molar-refractivity contribution in [2.24, 2.45) is 28.6 Å². The first-order valence-electron chi connectivity index (χ1n) is 11.9. The fourth-order valence-electron chi connectivity index (χ4n) is 7.68. The zero-order chi connectivity index (χ0) is 20.2. The maximum atomic E-state index is 13.0. The number of carbonyl (C=O) groups is 2. The van der Waals surface area contributed by atoms with Crippen LogP contribution in [0.15, 0.2) is 11.6 Å². The highest BCUT2D eigenvalue weighted by Crippen LogP contribution is 2.63. The second-order valence-corrected chi connectivity index (χ2v) is 10.8. The fraction of sp³-hybridized carbons (Fsp3) is 0.833. The first-order valence-corrected chi connectivity index (χ1v) is 11.9. The predicted molar refractivity (Wildman–Crippen MR) is 111 cm³/mol. The van der Waals surface area contributed by atoms with Gasteiger partial charge < -0.3 is 15.4 Å². The Morgan fingerprint density at radius 1 is 1.07 bits per heavy atom. The molecule has 1 unspecified atom stereocenters. The molecule has 0 bridgehead atoms. The molecule has 0 aromatic carbocycles. The second kappa shape index (κ2) is 7.11. The summed E-state index contributed by atoms with van der Waals surface area (Å²) in [6.07, 6.45) is 13.6. The molecule has 0 aromatic rings. The van der Waals surface area contributed by atoms with E-state index in [9.17, 15) is 9.59 Å². The van der Waals surface area contributed by atoms with Crippen molar-refractivity contribution < 1.29 is 14.3 Å². The lowest BCUT2D eigenvalue weighted by Crippen LogP contribution is -2.60. The Balaban J connectivity index is 1.41. The molecule has 5 aliphatic rings. The number of hydrogen-bond donors (Lipinski definition) is 2. The number of rotatable bonds is 2. The summed E-state index contributed by atoms with van der Waals surface area (Å²) in [5.41, 5.74) is 0.698. The van der Waals surface area contributed by atoms with Gasteiger partial charge in [-0.3, -0.25) is 9.59 Å². The summed E-state index contributed by atoms with van der Waals surface area (Å²) in [6, 6.07) is 0.157. The van der Waals surface area contributed by atoms with Crippen molar-refractivity contribution in [2.45, 2.75) is 90.3 Å². The van der Waals surface area contributed by atoms with Gasteiger partial charge in [-0.2, -0.15) is 0 Å². The summed E-state index contributed by atoms with van der Waals surface area (Å²) in [6.45, 7) is 5.49. The van der Waals surface area contributed by atoms with E-state index < -0.39 is 0 Å². The normalized spacial score (nSPS) is 46.6. The van der Waals surface area contributed by atoms with E-state index in [4.69, 9.17) is 4.74 Å². The maximum absolute atomic E-state index is 13.0. The molecule has 0 aromatic heterocycles. The van der Waals surface area contributed by atoms with Gasteiger partial charge in [-0.1, -0.05) is 26.3 Å². The largest absolute Gasteiger partial charge is 0.359 e. The van der Waals surface area contributed by atoms with E-state index in [-0.39, 0.29) is 29.5 Å². The molecule has 5 rings (SSSR count). The minimum absolute atomic E-state index is 0.124. The Hall–Kier alpha value is -1.36. The summed E-state index contributed by atoms with van der Waals surface area (Å²) in [5.74, 6) is 1.64. The van der Waals surface area contributed by atoms with Gasteiger partial charge in [0.05, 0.1) is 0 Å². The lowest BCUT2D eigenvalue weighted by atomic mass is 9.48. The van der Waals surface area contributed by atoms with Gasteiger partial charge in [0.1, 0.15) is 11.8 Å². The quantitative estimate of drug-likeness (QED) is 0.695. The van der Waals surface area contributed by atoms with Crippen molar-refractivity contribution in [3.05, 3.63) is 11.6 Å². The van der Waals surface area contributed by atoms with Gasteiger partial charge in [0.25, 0.3) is 11.8 Å².